The van der Waals surface area contributed by atoms with E-state index in [1.165, 1.54) is 37.7 Å². The van der Waals surface area contributed by atoms with Gasteiger partial charge in [-0.2, -0.15) is 0 Å². The number of aromatic nitrogens is 1. The van der Waals surface area contributed by atoms with Crippen molar-refractivity contribution in [3.8, 4) is 0 Å². The van der Waals surface area contributed by atoms with Crippen molar-refractivity contribution < 1.29 is 9.53 Å². The van der Waals surface area contributed by atoms with E-state index in [1.54, 1.807) is 5.38 Å². The Bertz CT molecular complexity index is 361. The summed E-state index contributed by atoms with van der Waals surface area (Å²) in [6.45, 7) is 2.07. The highest BCUT2D eigenvalue weighted by atomic mass is 32.1. The lowest BCUT2D eigenvalue weighted by molar-refractivity contribution is 0.0595. The monoisotopic (exact) mass is 241 g/mol. The van der Waals surface area contributed by atoms with Crippen LogP contribution in [0.2, 0.25) is 0 Å². The van der Waals surface area contributed by atoms with Gasteiger partial charge in [0.15, 0.2) is 10.8 Å². The first-order valence-electron chi connectivity index (χ1n) is 5.35. The Morgan fingerprint density at radius 2 is 2.25 bits per heavy atom. The third kappa shape index (κ3) is 2.70. The van der Waals surface area contributed by atoms with Crippen LogP contribution in [0.15, 0.2) is 5.38 Å². The molecule has 2 rings (SSSR count). The molecule has 6 heteroatoms. The molecule has 0 saturated carbocycles. The van der Waals surface area contributed by atoms with Crippen LogP contribution in [0.5, 0.6) is 0 Å². The molecule has 0 unspecified atom stereocenters. The number of piperidine rings is 1. The Labute approximate surface area is 98.4 Å². The quantitative estimate of drug-likeness (QED) is 0.817. The van der Waals surface area contributed by atoms with Crippen molar-refractivity contribution in [3.63, 3.8) is 0 Å². The average Bonchev–Trinajstić information content (AvgIpc) is 2.78. The molecule has 1 saturated heterocycles. The zero-order valence-electron chi connectivity index (χ0n) is 9.23. The second-order valence-corrected chi connectivity index (χ2v) is 4.55. The molecule has 1 fully saturated rings. The van der Waals surface area contributed by atoms with Gasteiger partial charge in [0.05, 0.1) is 7.11 Å². The van der Waals surface area contributed by atoms with Gasteiger partial charge < -0.3 is 4.74 Å². The number of anilines is 1. The summed E-state index contributed by atoms with van der Waals surface area (Å²) in [5.41, 5.74) is 3.58. The molecule has 1 aliphatic heterocycles. The molecule has 1 aliphatic rings. The van der Waals surface area contributed by atoms with Crippen LogP contribution < -0.4 is 5.43 Å². The average molecular weight is 241 g/mol. The predicted octanol–water partition coefficient (Wildman–Crippen LogP) is 1.74. The van der Waals surface area contributed by atoms with Crippen molar-refractivity contribution in [1.29, 1.82) is 0 Å². The van der Waals surface area contributed by atoms with E-state index in [9.17, 15) is 4.79 Å². The number of ether oxygens (including phenoxy) is 1. The molecular formula is C10H15N3O2S. The molecule has 0 atom stereocenters. The molecule has 0 aliphatic carbocycles. The van der Waals surface area contributed by atoms with Gasteiger partial charge in [-0.1, -0.05) is 6.42 Å². The molecule has 1 N–H and O–H groups in total. The highest BCUT2D eigenvalue weighted by Crippen LogP contribution is 2.18. The minimum atomic E-state index is -0.386. The first-order chi connectivity index (χ1) is 7.79. The third-order valence-corrected chi connectivity index (χ3v) is 3.26. The van der Waals surface area contributed by atoms with Crippen molar-refractivity contribution >= 4 is 22.4 Å². The van der Waals surface area contributed by atoms with Gasteiger partial charge in [-0.05, 0) is 12.8 Å². The van der Waals surface area contributed by atoms with Crippen LogP contribution in [0.4, 0.5) is 5.13 Å². The van der Waals surface area contributed by atoms with E-state index in [0.717, 1.165) is 18.2 Å². The first kappa shape index (κ1) is 11.3. The van der Waals surface area contributed by atoms with Crippen LogP contribution in [-0.2, 0) is 4.74 Å². The number of rotatable bonds is 3. The number of hydrazine groups is 1. The highest BCUT2D eigenvalue weighted by Gasteiger charge is 2.14. The number of carbonyl (C=O) groups is 1. The number of carbonyl (C=O) groups excluding carboxylic acids is 1. The largest absolute Gasteiger partial charge is 0.464 e. The summed E-state index contributed by atoms with van der Waals surface area (Å²) in [5, 5.41) is 4.60. The van der Waals surface area contributed by atoms with Gasteiger partial charge in [0.25, 0.3) is 0 Å². The second kappa shape index (κ2) is 5.27. The van der Waals surface area contributed by atoms with E-state index in [0.29, 0.717) is 5.69 Å². The Kier molecular flexibility index (Phi) is 3.74. The van der Waals surface area contributed by atoms with Crippen molar-refractivity contribution in [2.75, 3.05) is 25.6 Å². The van der Waals surface area contributed by atoms with Crippen LogP contribution in [0.25, 0.3) is 0 Å². The third-order valence-electron chi connectivity index (χ3n) is 2.51. The number of nitrogens with zero attached hydrogens (tertiary/aromatic N) is 2. The molecule has 5 nitrogen and oxygen atoms in total. The maximum atomic E-state index is 11.2. The van der Waals surface area contributed by atoms with Gasteiger partial charge in [0, 0.05) is 18.5 Å². The topological polar surface area (TPSA) is 54.5 Å². The van der Waals surface area contributed by atoms with Crippen molar-refractivity contribution in [2.45, 2.75) is 19.3 Å². The summed E-state index contributed by atoms with van der Waals surface area (Å²) >= 11 is 1.42. The standard InChI is InChI=1S/C10H15N3O2S/c1-15-9(14)8-7-16-10(11-8)12-13-5-3-2-4-6-13/h7H,2-6H2,1H3,(H,11,12). The van der Waals surface area contributed by atoms with Crippen molar-refractivity contribution in [2.24, 2.45) is 0 Å². The van der Waals surface area contributed by atoms with Gasteiger partial charge in [-0.15, -0.1) is 11.3 Å². The van der Waals surface area contributed by atoms with Crippen molar-refractivity contribution in [1.82, 2.24) is 9.99 Å². The molecule has 2 heterocycles. The summed E-state index contributed by atoms with van der Waals surface area (Å²) in [4.78, 5) is 15.4. The number of thiazole rings is 1. The SMILES string of the molecule is COC(=O)c1csc(NN2CCCCC2)n1. The fourth-order valence-corrected chi connectivity index (χ4v) is 2.37. The number of nitrogens with one attached hydrogen (secondary N) is 1. The fraction of sp³-hybridized carbons (Fsp3) is 0.600. The molecule has 0 bridgehead atoms. The Morgan fingerprint density at radius 3 is 2.94 bits per heavy atom. The molecule has 0 aromatic carbocycles. The minimum absolute atomic E-state index is 0.368. The molecule has 16 heavy (non-hydrogen) atoms. The molecule has 88 valence electrons. The second-order valence-electron chi connectivity index (χ2n) is 3.69. The number of hydrogen-bond donors (Lipinski definition) is 1. The predicted molar refractivity (Wildman–Crippen MR) is 62.5 cm³/mol. The van der Waals surface area contributed by atoms with Gasteiger partial charge in [0.1, 0.15) is 0 Å². The molecule has 1 aromatic heterocycles. The Morgan fingerprint density at radius 1 is 1.50 bits per heavy atom. The number of hydrogen-bond acceptors (Lipinski definition) is 6. The lowest BCUT2D eigenvalue weighted by atomic mass is 10.2. The smallest absolute Gasteiger partial charge is 0.357 e. The summed E-state index contributed by atoms with van der Waals surface area (Å²) < 4.78 is 4.60. The zero-order chi connectivity index (χ0) is 11.4. The van der Waals surface area contributed by atoms with E-state index in [1.807, 2.05) is 0 Å². The van der Waals surface area contributed by atoms with Crippen LogP contribution in [0, 0.1) is 0 Å². The summed E-state index contributed by atoms with van der Waals surface area (Å²) in [6.07, 6.45) is 3.72. The van der Waals surface area contributed by atoms with Crippen LogP contribution in [0.1, 0.15) is 29.8 Å². The molecular weight excluding hydrogens is 226 g/mol. The normalized spacial score (nSPS) is 17.1. The molecule has 1 aromatic rings. The minimum Gasteiger partial charge on any atom is -0.464 e. The van der Waals surface area contributed by atoms with E-state index >= 15 is 0 Å². The Hall–Kier alpha value is -1.14. The lowest BCUT2D eigenvalue weighted by Crippen LogP contribution is -2.34. The van der Waals surface area contributed by atoms with E-state index in [4.69, 9.17) is 0 Å². The zero-order valence-corrected chi connectivity index (χ0v) is 10.0. The first-order valence-corrected chi connectivity index (χ1v) is 6.23. The summed E-state index contributed by atoms with van der Waals surface area (Å²) in [7, 11) is 1.36. The van der Waals surface area contributed by atoms with Gasteiger partial charge in [-0.25, -0.2) is 14.8 Å². The summed E-state index contributed by atoms with van der Waals surface area (Å²) in [5.74, 6) is -0.386. The van der Waals surface area contributed by atoms with E-state index < -0.39 is 0 Å². The van der Waals surface area contributed by atoms with Gasteiger partial charge in [0.2, 0.25) is 0 Å². The molecule has 0 spiro atoms. The Balaban J connectivity index is 1.94. The van der Waals surface area contributed by atoms with E-state index in [2.05, 4.69) is 20.2 Å². The fourth-order valence-electron chi connectivity index (χ4n) is 1.66. The highest BCUT2D eigenvalue weighted by molar-refractivity contribution is 7.13. The maximum Gasteiger partial charge on any atom is 0.357 e. The van der Waals surface area contributed by atoms with Crippen LogP contribution in [-0.4, -0.2) is 36.2 Å². The number of esters is 1. The maximum absolute atomic E-state index is 11.2. The van der Waals surface area contributed by atoms with Gasteiger partial charge in [-0.3, -0.25) is 5.43 Å². The van der Waals surface area contributed by atoms with E-state index in [-0.39, 0.29) is 5.97 Å². The van der Waals surface area contributed by atoms with Crippen LogP contribution in [0.3, 0.4) is 0 Å². The number of methoxy groups -OCH3 is 1. The summed E-state index contributed by atoms with van der Waals surface area (Å²) in [6, 6.07) is 0. The lowest BCUT2D eigenvalue weighted by Gasteiger charge is -2.26. The van der Waals surface area contributed by atoms with Gasteiger partial charge >= 0.3 is 5.97 Å². The molecule has 0 amide bonds. The molecule has 0 radical (unpaired) electrons. The van der Waals surface area contributed by atoms with Crippen molar-refractivity contribution in [3.05, 3.63) is 11.1 Å². The van der Waals surface area contributed by atoms with Crippen LogP contribution >= 0.6 is 11.3 Å².